The number of unbranched alkanes of at least 4 members (excludes halogenated alkanes) is 1. The molecule has 90 valence electrons. The maximum atomic E-state index is 11.2. The standard InChI is InChI=1S/C10H19N5O/c1-3-4-6-11-10(16)12-7-5-9-13-8-15(2)14-9/h8H,3-7H2,1-2H3,(H2,11,12,16). The number of hydrogen-bond acceptors (Lipinski definition) is 3. The van der Waals surface area contributed by atoms with Crippen LogP contribution in [0.2, 0.25) is 0 Å². The fraction of sp³-hybridized carbons (Fsp3) is 0.700. The van der Waals surface area contributed by atoms with Crippen molar-refractivity contribution < 1.29 is 4.79 Å². The highest BCUT2D eigenvalue weighted by molar-refractivity contribution is 5.73. The van der Waals surface area contributed by atoms with Gasteiger partial charge in [-0.05, 0) is 6.42 Å². The third-order valence-corrected chi connectivity index (χ3v) is 2.10. The summed E-state index contributed by atoms with van der Waals surface area (Å²) in [5.74, 6) is 0.747. The van der Waals surface area contributed by atoms with E-state index in [4.69, 9.17) is 0 Å². The van der Waals surface area contributed by atoms with Crippen LogP contribution in [0.1, 0.15) is 25.6 Å². The third kappa shape index (κ3) is 4.77. The molecule has 16 heavy (non-hydrogen) atoms. The summed E-state index contributed by atoms with van der Waals surface area (Å²) in [6.45, 7) is 3.37. The normalized spacial score (nSPS) is 10.1. The van der Waals surface area contributed by atoms with E-state index in [1.54, 1.807) is 11.0 Å². The van der Waals surface area contributed by atoms with E-state index in [0.29, 0.717) is 13.0 Å². The second kappa shape index (κ2) is 6.81. The molecule has 0 fully saturated rings. The molecule has 0 saturated carbocycles. The lowest BCUT2D eigenvalue weighted by molar-refractivity contribution is 0.241. The zero-order valence-corrected chi connectivity index (χ0v) is 9.86. The first-order chi connectivity index (χ1) is 7.72. The molecule has 0 aliphatic rings. The van der Waals surface area contributed by atoms with Gasteiger partial charge in [-0.25, -0.2) is 9.78 Å². The summed E-state index contributed by atoms with van der Waals surface area (Å²) in [5.41, 5.74) is 0. The SMILES string of the molecule is CCCCNC(=O)NCCc1ncn(C)n1. The van der Waals surface area contributed by atoms with Crippen LogP contribution in [0.25, 0.3) is 0 Å². The Balaban J connectivity index is 2.08. The molecule has 0 radical (unpaired) electrons. The predicted molar refractivity (Wildman–Crippen MR) is 61.0 cm³/mol. The van der Waals surface area contributed by atoms with E-state index < -0.39 is 0 Å². The molecule has 2 amide bonds. The van der Waals surface area contributed by atoms with Crippen LogP contribution >= 0.6 is 0 Å². The van der Waals surface area contributed by atoms with E-state index in [2.05, 4.69) is 27.6 Å². The van der Waals surface area contributed by atoms with Gasteiger partial charge in [-0.15, -0.1) is 0 Å². The van der Waals surface area contributed by atoms with Crippen LogP contribution in [-0.2, 0) is 13.5 Å². The summed E-state index contributed by atoms with van der Waals surface area (Å²) >= 11 is 0. The van der Waals surface area contributed by atoms with E-state index in [9.17, 15) is 4.79 Å². The number of carbonyl (C=O) groups excluding carboxylic acids is 1. The van der Waals surface area contributed by atoms with Crippen molar-refractivity contribution in [3.8, 4) is 0 Å². The Bertz CT molecular complexity index is 323. The number of hydrogen-bond donors (Lipinski definition) is 2. The van der Waals surface area contributed by atoms with Gasteiger partial charge in [0, 0.05) is 26.6 Å². The van der Waals surface area contributed by atoms with Crippen LogP contribution in [0.3, 0.4) is 0 Å². The average Bonchev–Trinajstić information content (AvgIpc) is 2.65. The van der Waals surface area contributed by atoms with Crippen LogP contribution in [0.5, 0.6) is 0 Å². The highest BCUT2D eigenvalue weighted by atomic mass is 16.2. The molecule has 1 aromatic heterocycles. The zero-order chi connectivity index (χ0) is 11.8. The van der Waals surface area contributed by atoms with Gasteiger partial charge in [0.05, 0.1) is 0 Å². The number of rotatable bonds is 6. The minimum atomic E-state index is -0.121. The molecule has 0 saturated heterocycles. The predicted octanol–water partition coefficient (Wildman–Crippen LogP) is 0.457. The van der Waals surface area contributed by atoms with Crippen molar-refractivity contribution in [2.24, 2.45) is 7.05 Å². The molecule has 0 aliphatic carbocycles. The maximum absolute atomic E-state index is 11.2. The van der Waals surface area contributed by atoms with E-state index in [1.807, 2.05) is 7.05 Å². The van der Waals surface area contributed by atoms with Crippen LogP contribution in [0.15, 0.2) is 6.33 Å². The Labute approximate surface area is 95.4 Å². The van der Waals surface area contributed by atoms with Gasteiger partial charge in [0.1, 0.15) is 6.33 Å². The quantitative estimate of drug-likeness (QED) is 0.691. The summed E-state index contributed by atoms with van der Waals surface area (Å²) < 4.78 is 1.65. The summed E-state index contributed by atoms with van der Waals surface area (Å²) in [6.07, 6.45) is 4.39. The van der Waals surface area contributed by atoms with Crippen molar-refractivity contribution in [1.29, 1.82) is 0 Å². The van der Waals surface area contributed by atoms with E-state index in [-0.39, 0.29) is 6.03 Å². The lowest BCUT2D eigenvalue weighted by atomic mass is 10.3. The lowest BCUT2D eigenvalue weighted by Gasteiger charge is -2.05. The van der Waals surface area contributed by atoms with E-state index in [1.165, 1.54) is 0 Å². The highest BCUT2D eigenvalue weighted by Crippen LogP contribution is 1.88. The van der Waals surface area contributed by atoms with Gasteiger partial charge in [0.25, 0.3) is 0 Å². The molecule has 0 aliphatic heterocycles. The highest BCUT2D eigenvalue weighted by Gasteiger charge is 2.01. The van der Waals surface area contributed by atoms with Crippen LogP contribution in [-0.4, -0.2) is 33.9 Å². The number of nitrogens with one attached hydrogen (secondary N) is 2. The zero-order valence-electron chi connectivity index (χ0n) is 9.86. The number of nitrogens with zero attached hydrogens (tertiary/aromatic N) is 3. The molecule has 1 aromatic rings. The van der Waals surface area contributed by atoms with Crippen molar-refractivity contribution in [2.45, 2.75) is 26.2 Å². The Hall–Kier alpha value is -1.59. The largest absolute Gasteiger partial charge is 0.338 e. The van der Waals surface area contributed by atoms with E-state index in [0.717, 1.165) is 25.2 Å². The monoisotopic (exact) mass is 225 g/mol. The van der Waals surface area contributed by atoms with Gasteiger partial charge < -0.3 is 10.6 Å². The summed E-state index contributed by atoms with van der Waals surface area (Å²) in [7, 11) is 1.82. The van der Waals surface area contributed by atoms with Gasteiger partial charge >= 0.3 is 6.03 Å². The minimum absolute atomic E-state index is 0.121. The van der Waals surface area contributed by atoms with Gasteiger partial charge in [0.15, 0.2) is 5.82 Å². The van der Waals surface area contributed by atoms with Crippen molar-refractivity contribution in [1.82, 2.24) is 25.4 Å². The number of amides is 2. The Morgan fingerprint density at radius 1 is 1.44 bits per heavy atom. The average molecular weight is 225 g/mol. The first-order valence-corrected chi connectivity index (χ1v) is 5.58. The van der Waals surface area contributed by atoms with Crippen molar-refractivity contribution >= 4 is 6.03 Å². The Morgan fingerprint density at radius 3 is 2.81 bits per heavy atom. The molecule has 6 nitrogen and oxygen atoms in total. The molecule has 0 unspecified atom stereocenters. The van der Waals surface area contributed by atoms with Crippen molar-refractivity contribution in [2.75, 3.05) is 13.1 Å². The molecule has 0 atom stereocenters. The van der Waals surface area contributed by atoms with E-state index >= 15 is 0 Å². The van der Waals surface area contributed by atoms with Crippen LogP contribution in [0, 0.1) is 0 Å². The molecule has 0 aromatic carbocycles. The number of aryl methyl sites for hydroxylation is 1. The van der Waals surface area contributed by atoms with Crippen molar-refractivity contribution in [3.05, 3.63) is 12.2 Å². The summed E-state index contributed by atoms with van der Waals surface area (Å²) in [4.78, 5) is 15.3. The number of urea groups is 1. The first kappa shape index (κ1) is 12.5. The van der Waals surface area contributed by atoms with Gasteiger partial charge in [-0.2, -0.15) is 5.10 Å². The van der Waals surface area contributed by atoms with Gasteiger partial charge in [-0.3, -0.25) is 4.68 Å². The molecule has 0 spiro atoms. The second-order valence-corrected chi connectivity index (χ2v) is 3.62. The topological polar surface area (TPSA) is 71.8 Å². The number of carbonyl (C=O) groups is 1. The smallest absolute Gasteiger partial charge is 0.314 e. The Morgan fingerprint density at radius 2 is 2.19 bits per heavy atom. The molecule has 1 heterocycles. The second-order valence-electron chi connectivity index (χ2n) is 3.62. The molecule has 2 N–H and O–H groups in total. The lowest BCUT2D eigenvalue weighted by Crippen LogP contribution is -2.37. The van der Waals surface area contributed by atoms with Gasteiger partial charge in [0.2, 0.25) is 0 Å². The summed E-state index contributed by atoms with van der Waals surface area (Å²) in [5, 5.41) is 9.66. The maximum Gasteiger partial charge on any atom is 0.314 e. The van der Waals surface area contributed by atoms with Gasteiger partial charge in [-0.1, -0.05) is 13.3 Å². The first-order valence-electron chi connectivity index (χ1n) is 5.58. The molecule has 1 rings (SSSR count). The molecule has 0 bridgehead atoms. The fourth-order valence-electron chi connectivity index (χ4n) is 1.23. The fourth-order valence-corrected chi connectivity index (χ4v) is 1.23. The molecule has 6 heteroatoms. The molecular formula is C10H19N5O. The summed E-state index contributed by atoms with van der Waals surface area (Å²) in [6, 6.07) is -0.121. The Kier molecular flexibility index (Phi) is 5.31. The number of aromatic nitrogens is 3. The third-order valence-electron chi connectivity index (χ3n) is 2.10. The van der Waals surface area contributed by atoms with Crippen LogP contribution in [0.4, 0.5) is 4.79 Å². The molecular weight excluding hydrogens is 206 g/mol. The minimum Gasteiger partial charge on any atom is -0.338 e. The van der Waals surface area contributed by atoms with Crippen molar-refractivity contribution in [3.63, 3.8) is 0 Å². The van der Waals surface area contributed by atoms with Crippen LogP contribution < -0.4 is 10.6 Å².